The number of nitrogens with zero attached hydrogens (tertiary/aromatic N) is 2. The molecule has 0 saturated carbocycles. The highest BCUT2D eigenvalue weighted by Gasteiger charge is 2.13. The Balaban J connectivity index is 1.30. The van der Waals surface area contributed by atoms with Gasteiger partial charge in [-0.1, -0.05) is 66.6 Å². The van der Waals surface area contributed by atoms with E-state index in [1.54, 1.807) is 0 Å². The summed E-state index contributed by atoms with van der Waals surface area (Å²) in [7, 11) is 2.19. The lowest BCUT2D eigenvalue weighted by molar-refractivity contribution is 0.148. The summed E-state index contributed by atoms with van der Waals surface area (Å²) >= 11 is 0. The Morgan fingerprint density at radius 2 is 1.44 bits per heavy atom. The Bertz CT molecular complexity index is 1090. The van der Waals surface area contributed by atoms with Crippen LogP contribution in [0.5, 0.6) is 0 Å². The van der Waals surface area contributed by atoms with Crippen LogP contribution in [0.15, 0.2) is 85.1 Å². The maximum Gasteiger partial charge on any atom is 0.0828 e. The van der Waals surface area contributed by atoms with Crippen molar-refractivity contribution in [3.8, 4) is 23.0 Å². The van der Waals surface area contributed by atoms with Crippen molar-refractivity contribution in [2.45, 2.75) is 13.5 Å². The average molecular weight is 422 g/mol. The molecule has 1 aliphatic heterocycles. The van der Waals surface area contributed by atoms with E-state index in [1.165, 1.54) is 22.3 Å². The second kappa shape index (κ2) is 10.3. The molecule has 0 radical (unpaired) electrons. The minimum Gasteiger partial charge on any atom is -0.349 e. The largest absolute Gasteiger partial charge is 0.349 e. The molecule has 32 heavy (non-hydrogen) atoms. The van der Waals surface area contributed by atoms with Gasteiger partial charge >= 0.3 is 0 Å². The maximum absolute atomic E-state index is 4.06. The summed E-state index contributed by atoms with van der Waals surface area (Å²) in [5.74, 6) is 6.33. The van der Waals surface area contributed by atoms with Crippen molar-refractivity contribution in [1.82, 2.24) is 9.80 Å². The SMILES string of the molecule is C=C(C#Cc1ccc(-c2ccc(C)cc2)cc1)Nc1ccc(CN2CCN(C)CC2)cc1. The summed E-state index contributed by atoms with van der Waals surface area (Å²) in [6.07, 6.45) is 0. The van der Waals surface area contributed by atoms with Gasteiger partial charge in [-0.15, -0.1) is 0 Å². The first-order chi connectivity index (χ1) is 15.5. The quantitative estimate of drug-likeness (QED) is 0.558. The number of rotatable bonds is 5. The first-order valence-electron chi connectivity index (χ1n) is 11.2. The third-order valence-electron chi connectivity index (χ3n) is 5.88. The number of benzene rings is 3. The molecule has 1 fully saturated rings. The molecule has 4 rings (SSSR count). The Morgan fingerprint density at radius 1 is 0.844 bits per heavy atom. The summed E-state index contributed by atoms with van der Waals surface area (Å²) in [5, 5.41) is 3.30. The zero-order chi connectivity index (χ0) is 22.3. The van der Waals surface area contributed by atoms with Gasteiger partial charge in [-0.25, -0.2) is 0 Å². The Labute approximate surface area is 192 Å². The van der Waals surface area contributed by atoms with Crippen LogP contribution in [0.25, 0.3) is 11.1 Å². The first-order valence-corrected chi connectivity index (χ1v) is 11.2. The minimum atomic E-state index is 0.694. The molecule has 1 N–H and O–H groups in total. The van der Waals surface area contributed by atoms with Gasteiger partial charge in [0.2, 0.25) is 0 Å². The van der Waals surface area contributed by atoms with Gasteiger partial charge in [0, 0.05) is 44.0 Å². The molecule has 0 aliphatic carbocycles. The van der Waals surface area contributed by atoms with Gasteiger partial charge < -0.3 is 10.2 Å². The molecular formula is C29H31N3. The van der Waals surface area contributed by atoms with E-state index in [0.29, 0.717) is 5.70 Å². The number of hydrogen-bond acceptors (Lipinski definition) is 3. The fourth-order valence-electron chi connectivity index (χ4n) is 3.80. The molecule has 162 valence electrons. The van der Waals surface area contributed by atoms with E-state index in [0.717, 1.165) is 44.0 Å². The van der Waals surface area contributed by atoms with Crippen molar-refractivity contribution in [3.63, 3.8) is 0 Å². The molecule has 0 bridgehead atoms. The topological polar surface area (TPSA) is 18.5 Å². The normalized spacial score (nSPS) is 14.4. The van der Waals surface area contributed by atoms with E-state index in [2.05, 4.69) is 120 Å². The van der Waals surface area contributed by atoms with E-state index in [-0.39, 0.29) is 0 Å². The zero-order valence-corrected chi connectivity index (χ0v) is 19.1. The van der Waals surface area contributed by atoms with Gasteiger partial charge in [-0.2, -0.15) is 0 Å². The summed E-state index contributed by atoms with van der Waals surface area (Å²) in [6.45, 7) is 11.7. The van der Waals surface area contributed by atoms with Crippen LogP contribution in [-0.4, -0.2) is 43.0 Å². The smallest absolute Gasteiger partial charge is 0.0828 e. The third kappa shape index (κ3) is 6.11. The highest BCUT2D eigenvalue weighted by Crippen LogP contribution is 2.20. The lowest BCUT2D eigenvalue weighted by Gasteiger charge is -2.32. The molecule has 1 saturated heterocycles. The molecule has 0 spiro atoms. The van der Waals surface area contributed by atoms with E-state index < -0.39 is 0 Å². The van der Waals surface area contributed by atoms with Crippen LogP contribution < -0.4 is 5.32 Å². The van der Waals surface area contributed by atoms with Crippen molar-refractivity contribution in [1.29, 1.82) is 0 Å². The molecule has 0 unspecified atom stereocenters. The van der Waals surface area contributed by atoms with Crippen LogP contribution in [0.2, 0.25) is 0 Å². The van der Waals surface area contributed by atoms with E-state index >= 15 is 0 Å². The molecule has 1 heterocycles. The van der Waals surface area contributed by atoms with Gasteiger partial charge in [0.25, 0.3) is 0 Å². The minimum absolute atomic E-state index is 0.694. The molecule has 3 aromatic rings. The molecule has 3 heteroatoms. The monoisotopic (exact) mass is 421 g/mol. The van der Waals surface area contributed by atoms with Crippen molar-refractivity contribution in [3.05, 3.63) is 102 Å². The van der Waals surface area contributed by atoms with E-state index in [4.69, 9.17) is 0 Å². The number of nitrogens with one attached hydrogen (secondary N) is 1. The predicted octanol–water partition coefficient (Wildman–Crippen LogP) is 5.39. The number of hydrogen-bond donors (Lipinski definition) is 1. The highest BCUT2D eigenvalue weighted by atomic mass is 15.2. The lowest BCUT2D eigenvalue weighted by Crippen LogP contribution is -2.43. The standard InChI is InChI=1S/C29H31N3/c1-23-4-12-27(13-5-23)28-14-8-25(9-15-28)7-6-24(2)30-29-16-10-26(11-17-29)22-32-20-18-31(3)19-21-32/h4-5,8-17,30H,2,18-22H2,1,3H3. The van der Waals surface area contributed by atoms with Crippen LogP contribution >= 0.6 is 0 Å². The number of aryl methyl sites for hydroxylation is 1. The molecule has 0 atom stereocenters. The van der Waals surface area contributed by atoms with E-state index in [1.807, 2.05) is 0 Å². The number of allylic oxidation sites excluding steroid dienone is 1. The van der Waals surface area contributed by atoms with Crippen molar-refractivity contribution in [2.24, 2.45) is 0 Å². The number of piperazine rings is 1. The zero-order valence-electron chi connectivity index (χ0n) is 19.1. The summed E-state index contributed by atoms with van der Waals surface area (Å²) < 4.78 is 0. The van der Waals surface area contributed by atoms with Crippen molar-refractivity contribution in [2.75, 3.05) is 38.5 Å². The molecular weight excluding hydrogens is 390 g/mol. The second-order valence-corrected chi connectivity index (χ2v) is 8.57. The second-order valence-electron chi connectivity index (χ2n) is 8.57. The highest BCUT2D eigenvalue weighted by molar-refractivity contribution is 5.65. The van der Waals surface area contributed by atoms with Gasteiger partial charge in [0.1, 0.15) is 0 Å². The molecule has 0 amide bonds. The van der Waals surface area contributed by atoms with Crippen molar-refractivity contribution < 1.29 is 0 Å². The average Bonchev–Trinajstić information content (AvgIpc) is 2.81. The Kier molecular flexibility index (Phi) is 7.07. The maximum atomic E-state index is 4.06. The molecule has 0 aromatic heterocycles. The summed E-state index contributed by atoms with van der Waals surface area (Å²) in [6, 6.07) is 25.5. The molecule has 3 nitrogen and oxygen atoms in total. The summed E-state index contributed by atoms with van der Waals surface area (Å²) in [5.41, 5.74) is 7.71. The van der Waals surface area contributed by atoms with Gasteiger partial charge in [-0.05, 0) is 60.8 Å². The van der Waals surface area contributed by atoms with Crippen LogP contribution in [0.3, 0.4) is 0 Å². The fraction of sp³-hybridized carbons (Fsp3) is 0.241. The van der Waals surface area contributed by atoms with Gasteiger partial charge in [-0.3, -0.25) is 4.90 Å². The fourth-order valence-corrected chi connectivity index (χ4v) is 3.80. The molecule has 1 aliphatic rings. The Hall–Kier alpha value is -3.32. The van der Waals surface area contributed by atoms with E-state index in [9.17, 15) is 0 Å². The number of anilines is 1. The van der Waals surface area contributed by atoms with Crippen molar-refractivity contribution >= 4 is 5.69 Å². The van der Waals surface area contributed by atoms with Gasteiger partial charge in [0.15, 0.2) is 0 Å². The summed E-state index contributed by atoms with van der Waals surface area (Å²) in [4.78, 5) is 4.89. The number of likely N-dealkylation sites (N-methyl/N-ethyl adjacent to an activating group) is 1. The van der Waals surface area contributed by atoms with Crippen LogP contribution in [0.1, 0.15) is 16.7 Å². The lowest BCUT2D eigenvalue weighted by atomic mass is 10.0. The van der Waals surface area contributed by atoms with Crippen LogP contribution in [-0.2, 0) is 6.54 Å². The predicted molar refractivity (Wildman–Crippen MR) is 135 cm³/mol. The Morgan fingerprint density at radius 3 is 2.06 bits per heavy atom. The van der Waals surface area contributed by atoms with Gasteiger partial charge in [0.05, 0.1) is 5.70 Å². The van der Waals surface area contributed by atoms with Crippen LogP contribution in [0.4, 0.5) is 5.69 Å². The first kappa shape index (κ1) is 21.9. The molecule has 3 aromatic carbocycles. The third-order valence-corrected chi connectivity index (χ3v) is 5.88. The van der Waals surface area contributed by atoms with Crippen LogP contribution in [0, 0.1) is 18.8 Å².